The molecule has 1 N–H and O–H groups in total. The topological polar surface area (TPSA) is 45.0 Å². The van der Waals surface area contributed by atoms with E-state index in [0.29, 0.717) is 11.5 Å². The Morgan fingerprint density at radius 2 is 2.35 bits per heavy atom. The largest absolute Gasteiger partial charge is 0.490 e. The second-order valence-electron chi connectivity index (χ2n) is 4.62. The van der Waals surface area contributed by atoms with Gasteiger partial charge in [-0.3, -0.25) is 0 Å². The van der Waals surface area contributed by atoms with Gasteiger partial charge in [0, 0.05) is 12.5 Å². The summed E-state index contributed by atoms with van der Waals surface area (Å²) in [5.41, 5.74) is 0.655. The molecule has 1 heterocycles. The Bertz CT molecular complexity index is 411. The molecule has 1 aliphatic heterocycles. The van der Waals surface area contributed by atoms with Crippen LogP contribution >= 0.6 is 0 Å². The summed E-state index contributed by atoms with van der Waals surface area (Å²) in [6.07, 6.45) is 2.47. The first-order valence-corrected chi connectivity index (χ1v) is 6.17. The van der Waals surface area contributed by atoms with Crippen molar-refractivity contribution in [1.29, 1.82) is 5.26 Å². The Kier molecular flexibility index (Phi) is 4.00. The molecule has 1 aliphatic rings. The van der Waals surface area contributed by atoms with Crippen LogP contribution < -0.4 is 10.1 Å². The summed E-state index contributed by atoms with van der Waals surface area (Å²) in [6.45, 7) is 4.28. The number of ether oxygens (including phenoxy) is 1. The van der Waals surface area contributed by atoms with E-state index in [4.69, 9.17) is 10.00 Å². The molecule has 2 rings (SSSR count). The summed E-state index contributed by atoms with van der Waals surface area (Å²) < 4.78 is 6.00. The Morgan fingerprint density at radius 1 is 1.47 bits per heavy atom. The molecule has 2 unspecified atom stereocenters. The molecular weight excluding hydrogens is 212 g/mol. The predicted molar refractivity (Wildman–Crippen MR) is 66.8 cm³/mol. The van der Waals surface area contributed by atoms with E-state index >= 15 is 0 Å². The first-order valence-electron chi connectivity index (χ1n) is 6.17. The normalized spacial score (nSPS) is 24.7. The van der Waals surface area contributed by atoms with Gasteiger partial charge in [-0.05, 0) is 37.6 Å². The van der Waals surface area contributed by atoms with Crippen LogP contribution in [0.15, 0.2) is 24.3 Å². The van der Waals surface area contributed by atoms with E-state index in [9.17, 15) is 0 Å². The molecule has 0 spiro atoms. The van der Waals surface area contributed by atoms with E-state index in [-0.39, 0.29) is 6.10 Å². The Balaban J connectivity index is 2.05. The summed E-state index contributed by atoms with van der Waals surface area (Å²) in [6, 6.07) is 9.53. The molecule has 2 atom stereocenters. The molecule has 90 valence electrons. The van der Waals surface area contributed by atoms with Gasteiger partial charge in [-0.2, -0.15) is 5.26 Å². The molecule has 0 saturated carbocycles. The summed E-state index contributed by atoms with van der Waals surface area (Å²) in [4.78, 5) is 0. The maximum atomic E-state index is 8.85. The van der Waals surface area contributed by atoms with Crippen LogP contribution in [0.3, 0.4) is 0 Å². The van der Waals surface area contributed by atoms with Crippen LogP contribution in [0.1, 0.15) is 25.3 Å². The molecular formula is C14H18N2O. The highest BCUT2D eigenvalue weighted by atomic mass is 16.5. The van der Waals surface area contributed by atoms with Crippen molar-refractivity contribution in [2.45, 2.75) is 25.9 Å². The molecule has 0 aromatic heterocycles. The SMILES string of the molecule is CC1CNCCCC1Oc1cccc(C#N)c1. The third-order valence-corrected chi connectivity index (χ3v) is 3.19. The van der Waals surface area contributed by atoms with Crippen LogP contribution in [0.4, 0.5) is 0 Å². The zero-order chi connectivity index (χ0) is 12.1. The van der Waals surface area contributed by atoms with Gasteiger partial charge in [-0.15, -0.1) is 0 Å². The van der Waals surface area contributed by atoms with Gasteiger partial charge in [-0.1, -0.05) is 13.0 Å². The minimum absolute atomic E-state index is 0.249. The molecule has 1 saturated heterocycles. The summed E-state index contributed by atoms with van der Waals surface area (Å²) >= 11 is 0. The zero-order valence-electron chi connectivity index (χ0n) is 10.1. The van der Waals surface area contributed by atoms with E-state index < -0.39 is 0 Å². The monoisotopic (exact) mass is 230 g/mol. The van der Waals surface area contributed by atoms with Gasteiger partial charge in [0.1, 0.15) is 11.9 Å². The van der Waals surface area contributed by atoms with Crippen LogP contribution in [-0.2, 0) is 0 Å². The van der Waals surface area contributed by atoms with Crippen molar-refractivity contribution in [3.8, 4) is 11.8 Å². The van der Waals surface area contributed by atoms with E-state index in [1.807, 2.05) is 18.2 Å². The molecule has 0 bridgehead atoms. The van der Waals surface area contributed by atoms with Crippen LogP contribution in [0.2, 0.25) is 0 Å². The summed E-state index contributed by atoms with van der Waals surface area (Å²) in [7, 11) is 0. The van der Waals surface area contributed by atoms with Crippen LogP contribution in [-0.4, -0.2) is 19.2 Å². The average molecular weight is 230 g/mol. The Morgan fingerprint density at radius 3 is 3.18 bits per heavy atom. The minimum Gasteiger partial charge on any atom is -0.490 e. The third-order valence-electron chi connectivity index (χ3n) is 3.19. The maximum absolute atomic E-state index is 8.85. The predicted octanol–water partition coefficient (Wildman–Crippen LogP) is 2.33. The van der Waals surface area contributed by atoms with Crippen molar-refractivity contribution in [3.05, 3.63) is 29.8 Å². The van der Waals surface area contributed by atoms with Gasteiger partial charge in [0.25, 0.3) is 0 Å². The van der Waals surface area contributed by atoms with Gasteiger partial charge in [0.15, 0.2) is 0 Å². The van der Waals surface area contributed by atoms with E-state index in [1.165, 1.54) is 0 Å². The van der Waals surface area contributed by atoms with E-state index in [0.717, 1.165) is 31.7 Å². The molecule has 1 aromatic rings. The van der Waals surface area contributed by atoms with Crippen molar-refractivity contribution in [2.75, 3.05) is 13.1 Å². The fourth-order valence-electron chi connectivity index (χ4n) is 2.16. The van der Waals surface area contributed by atoms with Gasteiger partial charge in [0.2, 0.25) is 0 Å². The lowest BCUT2D eigenvalue weighted by atomic mass is 10.0. The van der Waals surface area contributed by atoms with Crippen LogP contribution in [0.5, 0.6) is 5.75 Å². The van der Waals surface area contributed by atoms with Crippen molar-refractivity contribution >= 4 is 0 Å². The van der Waals surface area contributed by atoms with Crippen molar-refractivity contribution < 1.29 is 4.74 Å². The smallest absolute Gasteiger partial charge is 0.121 e. The number of hydrogen-bond acceptors (Lipinski definition) is 3. The lowest BCUT2D eigenvalue weighted by Crippen LogP contribution is -2.29. The van der Waals surface area contributed by atoms with Gasteiger partial charge in [-0.25, -0.2) is 0 Å². The number of rotatable bonds is 2. The second-order valence-corrected chi connectivity index (χ2v) is 4.62. The summed E-state index contributed by atoms with van der Waals surface area (Å²) in [5.74, 6) is 1.31. The molecule has 17 heavy (non-hydrogen) atoms. The molecule has 1 aromatic carbocycles. The Hall–Kier alpha value is -1.53. The fraction of sp³-hybridized carbons (Fsp3) is 0.500. The number of nitrogens with zero attached hydrogens (tertiary/aromatic N) is 1. The zero-order valence-corrected chi connectivity index (χ0v) is 10.1. The third kappa shape index (κ3) is 3.21. The molecule has 3 heteroatoms. The minimum atomic E-state index is 0.249. The van der Waals surface area contributed by atoms with Gasteiger partial charge in [0.05, 0.1) is 11.6 Å². The van der Waals surface area contributed by atoms with Crippen molar-refractivity contribution in [2.24, 2.45) is 5.92 Å². The summed E-state index contributed by atoms with van der Waals surface area (Å²) in [5, 5.41) is 12.3. The molecule has 0 amide bonds. The average Bonchev–Trinajstić information content (AvgIpc) is 2.55. The van der Waals surface area contributed by atoms with Gasteiger partial charge < -0.3 is 10.1 Å². The highest BCUT2D eigenvalue weighted by Crippen LogP contribution is 2.21. The first kappa shape index (κ1) is 11.9. The van der Waals surface area contributed by atoms with Crippen molar-refractivity contribution in [1.82, 2.24) is 5.32 Å². The van der Waals surface area contributed by atoms with Gasteiger partial charge >= 0.3 is 0 Å². The molecule has 3 nitrogen and oxygen atoms in total. The lowest BCUT2D eigenvalue weighted by molar-refractivity contribution is 0.141. The fourth-order valence-corrected chi connectivity index (χ4v) is 2.16. The standard InChI is InChI=1S/C14H18N2O/c1-11-10-16-7-3-6-14(11)17-13-5-2-4-12(8-13)9-15/h2,4-5,8,11,14,16H,3,6-7,10H2,1H3. The number of benzene rings is 1. The Labute approximate surface area is 102 Å². The highest BCUT2D eigenvalue weighted by molar-refractivity contribution is 5.36. The number of nitrogens with one attached hydrogen (secondary N) is 1. The number of hydrogen-bond donors (Lipinski definition) is 1. The highest BCUT2D eigenvalue weighted by Gasteiger charge is 2.21. The lowest BCUT2D eigenvalue weighted by Gasteiger charge is -2.22. The van der Waals surface area contributed by atoms with Crippen LogP contribution in [0.25, 0.3) is 0 Å². The second kappa shape index (κ2) is 5.70. The maximum Gasteiger partial charge on any atom is 0.121 e. The van der Waals surface area contributed by atoms with Crippen LogP contribution in [0, 0.1) is 17.2 Å². The van der Waals surface area contributed by atoms with Crippen molar-refractivity contribution in [3.63, 3.8) is 0 Å². The van der Waals surface area contributed by atoms with E-state index in [2.05, 4.69) is 18.3 Å². The molecule has 0 radical (unpaired) electrons. The van der Waals surface area contributed by atoms with E-state index in [1.54, 1.807) is 6.07 Å². The molecule has 1 fully saturated rings. The number of nitriles is 1. The molecule has 0 aliphatic carbocycles. The first-order chi connectivity index (χ1) is 8.29. The quantitative estimate of drug-likeness (QED) is 0.848.